The second kappa shape index (κ2) is 10.5. The molecule has 5 nitrogen and oxygen atoms in total. The van der Waals surface area contributed by atoms with Crippen molar-refractivity contribution in [3.05, 3.63) is 29.0 Å². The number of pyridine rings is 1. The van der Waals surface area contributed by atoms with Gasteiger partial charge >= 0.3 is 0 Å². The van der Waals surface area contributed by atoms with Gasteiger partial charge in [0.05, 0.1) is 6.54 Å². The lowest BCUT2D eigenvalue weighted by Gasteiger charge is -2.30. The summed E-state index contributed by atoms with van der Waals surface area (Å²) in [4.78, 5) is 11.3. The third kappa shape index (κ3) is 7.05. The van der Waals surface area contributed by atoms with E-state index < -0.39 is 0 Å². The van der Waals surface area contributed by atoms with E-state index >= 15 is 0 Å². The van der Waals surface area contributed by atoms with Gasteiger partial charge in [0.1, 0.15) is 5.15 Å². The maximum absolute atomic E-state index is 5.81. The molecule has 1 atom stereocenters. The molecule has 1 fully saturated rings. The highest BCUT2D eigenvalue weighted by Crippen LogP contribution is 2.14. The molecule has 1 aliphatic heterocycles. The van der Waals surface area contributed by atoms with Crippen molar-refractivity contribution in [3.63, 3.8) is 0 Å². The normalized spacial score (nSPS) is 19.3. The molecule has 1 unspecified atom stereocenters. The van der Waals surface area contributed by atoms with Crippen molar-refractivity contribution < 1.29 is 0 Å². The number of likely N-dealkylation sites (tertiary alicyclic amines) is 1. The van der Waals surface area contributed by atoms with Crippen molar-refractivity contribution >= 4 is 17.6 Å². The second-order valence-corrected chi connectivity index (χ2v) is 6.86. The lowest BCUT2D eigenvalue weighted by Crippen LogP contribution is -2.40. The van der Waals surface area contributed by atoms with Crippen molar-refractivity contribution in [2.24, 2.45) is 10.9 Å². The van der Waals surface area contributed by atoms with Crippen LogP contribution in [0.3, 0.4) is 0 Å². The minimum atomic E-state index is 0.536. The van der Waals surface area contributed by atoms with Gasteiger partial charge in [-0.05, 0) is 50.3 Å². The first-order chi connectivity index (χ1) is 11.7. The molecular weight excluding hydrogens is 322 g/mol. The lowest BCUT2D eigenvalue weighted by molar-refractivity contribution is 0.189. The highest BCUT2D eigenvalue weighted by molar-refractivity contribution is 6.29. The Morgan fingerprint density at radius 2 is 2.29 bits per heavy atom. The molecule has 24 heavy (non-hydrogen) atoms. The van der Waals surface area contributed by atoms with Crippen LogP contribution < -0.4 is 10.6 Å². The zero-order chi connectivity index (χ0) is 17.2. The molecule has 1 aromatic rings. The van der Waals surface area contributed by atoms with Gasteiger partial charge in [0, 0.05) is 32.4 Å². The summed E-state index contributed by atoms with van der Waals surface area (Å²) >= 11 is 5.81. The van der Waals surface area contributed by atoms with E-state index in [0.29, 0.717) is 5.15 Å². The zero-order valence-corrected chi connectivity index (χ0v) is 15.6. The van der Waals surface area contributed by atoms with Crippen molar-refractivity contribution in [1.82, 2.24) is 20.5 Å². The van der Waals surface area contributed by atoms with E-state index in [9.17, 15) is 0 Å². The molecule has 2 rings (SSSR count). The first kappa shape index (κ1) is 19.0. The number of nitrogens with zero attached hydrogens (tertiary/aromatic N) is 3. The molecule has 0 bridgehead atoms. The molecule has 0 aromatic carbocycles. The topological polar surface area (TPSA) is 52.6 Å². The fraction of sp³-hybridized carbons (Fsp3) is 0.667. The predicted molar refractivity (Wildman–Crippen MR) is 102 cm³/mol. The molecule has 0 aliphatic carbocycles. The summed E-state index contributed by atoms with van der Waals surface area (Å²) < 4.78 is 0. The van der Waals surface area contributed by atoms with Crippen LogP contribution in [0.1, 0.15) is 32.3 Å². The fourth-order valence-electron chi connectivity index (χ4n) is 3.01. The Morgan fingerprint density at radius 3 is 3.00 bits per heavy atom. The highest BCUT2D eigenvalue weighted by Gasteiger charge is 2.15. The minimum Gasteiger partial charge on any atom is -0.357 e. The van der Waals surface area contributed by atoms with Gasteiger partial charge < -0.3 is 15.5 Å². The molecule has 0 amide bonds. The van der Waals surface area contributed by atoms with Crippen LogP contribution in [0, 0.1) is 5.92 Å². The van der Waals surface area contributed by atoms with Gasteiger partial charge in [-0.3, -0.25) is 4.99 Å². The first-order valence-corrected chi connectivity index (χ1v) is 9.40. The molecule has 134 valence electrons. The van der Waals surface area contributed by atoms with Crippen molar-refractivity contribution in [2.45, 2.75) is 33.1 Å². The zero-order valence-electron chi connectivity index (χ0n) is 14.9. The van der Waals surface area contributed by atoms with E-state index in [1.807, 2.05) is 18.3 Å². The fourth-order valence-corrected chi connectivity index (χ4v) is 3.13. The number of aliphatic imine (C=N–C) groups is 1. The molecule has 0 saturated carbocycles. The van der Waals surface area contributed by atoms with E-state index in [-0.39, 0.29) is 0 Å². The standard InChI is InChI=1S/C18H30ClN5/c1-3-20-18(21-9-8-16-6-7-17(19)23-13-16)22-10-12-24-11-4-5-15(2)14-24/h6-7,13,15H,3-5,8-12,14H2,1-2H3,(H2,20,21,22). The summed E-state index contributed by atoms with van der Waals surface area (Å²) in [6.07, 6.45) is 5.41. The van der Waals surface area contributed by atoms with Gasteiger partial charge in [0.15, 0.2) is 5.96 Å². The average molecular weight is 352 g/mol. The molecule has 6 heteroatoms. The second-order valence-electron chi connectivity index (χ2n) is 6.47. The number of rotatable bonds is 7. The van der Waals surface area contributed by atoms with E-state index in [1.54, 1.807) is 0 Å². The average Bonchev–Trinajstić information content (AvgIpc) is 2.57. The smallest absolute Gasteiger partial charge is 0.191 e. The Balaban J connectivity index is 1.72. The molecule has 2 N–H and O–H groups in total. The van der Waals surface area contributed by atoms with Crippen LogP contribution in [0.2, 0.25) is 5.15 Å². The van der Waals surface area contributed by atoms with Crippen LogP contribution in [0.25, 0.3) is 0 Å². The number of hydrogen-bond donors (Lipinski definition) is 2. The van der Waals surface area contributed by atoms with Gasteiger partial charge in [-0.1, -0.05) is 24.6 Å². The monoisotopic (exact) mass is 351 g/mol. The molecule has 1 saturated heterocycles. The summed E-state index contributed by atoms with van der Waals surface area (Å²) in [6.45, 7) is 10.4. The van der Waals surface area contributed by atoms with Gasteiger partial charge in [-0.2, -0.15) is 0 Å². The van der Waals surface area contributed by atoms with Crippen molar-refractivity contribution in [3.8, 4) is 0 Å². The quantitative estimate of drug-likeness (QED) is 0.450. The van der Waals surface area contributed by atoms with Crippen LogP contribution >= 0.6 is 11.6 Å². The van der Waals surface area contributed by atoms with E-state index in [2.05, 4.69) is 34.4 Å². The minimum absolute atomic E-state index is 0.536. The molecule has 2 heterocycles. The Morgan fingerprint density at radius 1 is 1.42 bits per heavy atom. The van der Waals surface area contributed by atoms with Gasteiger partial charge in [0.2, 0.25) is 0 Å². The van der Waals surface area contributed by atoms with Crippen LogP contribution in [0.15, 0.2) is 23.3 Å². The van der Waals surface area contributed by atoms with Gasteiger partial charge in [-0.15, -0.1) is 0 Å². The summed E-state index contributed by atoms with van der Waals surface area (Å²) in [5.74, 6) is 1.71. The number of hydrogen-bond acceptors (Lipinski definition) is 3. The molecule has 0 spiro atoms. The molecular formula is C18H30ClN5. The molecule has 1 aliphatic rings. The number of halogens is 1. The summed E-state index contributed by atoms with van der Waals surface area (Å²) in [5.41, 5.74) is 1.17. The van der Waals surface area contributed by atoms with E-state index in [4.69, 9.17) is 16.6 Å². The third-order valence-electron chi connectivity index (χ3n) is 4.27. The number of piperidine rings is 1. The number of guanidine groups is 1. The molecule has 1 aromatic heterocycles. The van der Waals surface area contributed by atoms with Crippen LogP contribution in [-0.4, -0.2) is 55.1 Å². The highest BCUT2D eigenvalue weighted by atomic mass is 35.5. The number of aromatic nitrogens is 1. The summed E-state index contributed by atoms with van der Waals surface area (Å²) in [5, 5.41) is 7.23. The first-order valence-electron chi connectivity index (χ1n) is 9.02. The van der Waals surface area contributed by atoms with Crippen molar-refractivity contribution in [1.29, 1.82) is 0 Å². The Labute approximate surface area is 150 Å². The van der Waals surface area contributed by atoms with Crippen LogP contribution in [0.4, 0.5) is 0 Å². The van der Waals surface area contributed by atoms with E-state index in [1.165, 1.54) is 31.5 Å². The van der Waals surface area contributed by atoms with Gasteiger partial charge in [0.25, 0.3) is 0 Å². The molecule has 0 radical (unpaired) electrons. The van der Waals surface area contributed by atoms with Crippen molar-refractivity contribution in [2.75, 3.05) is 39.3 Å². The predicted octanol–water partition coefficient (Wildman–Crippen LogP) is 2.56. The van der Waals surface area contributed by atoms with Crippen LogP contribution in [0.5, 0.6) is 0 Å². The Bertz CT molecular complexity index is 503. The summed E-state index contributed by atoms with van der Waals surface area (Å²) in [7, 11) is 0. The summed E-state index contributed by atoms with van der Waals surface area (Å²) in [6, 6.07) is 3.84. The number of nitrogens with one attached hydrogen (secondary N) is 2. The van der Waals surface area contributed by atoms with Crippen LogP contribution in [-0.2, 0) is 6.42 Å². The largest absolute Gasteiger partial charge is 0.357 e. The van der Waals surface area contributed by atoms with E-state index in [0.717, 1.165) is 44.5 Å². The maximum Gasteiger partial charge on any atom is 0.191 e. The lowest BCUT2D eigenvalue weighted by atomic mass is 10.0. The Kier molecular flexibility index (Phi) is 8.33. The Hall–Kier alpha value is -1.33. The SMILES string of the molecule is CCNC(=NCCN1CCCC(C)C1)NCCc1ccc(Cl)nc1. The maximum atomic E-state index is 5.81. The van der Waals surface area contributed by atoms with Gasteiger partial charge in [-0.25, -0.2) is 4.98 Å². The third-order valence-corrected chi connectivity index (χ3v) is 4.49.